The molecule has 0 aliphatic carbocycles. The molecule has 0 amide bonds. The topological polar surface area (TPSA) is 9.23 Å². The first-order valence-corrected chi connectivity index (χ1v) is 5.82. The summed E-state index contributed by atoms with van der Waals surface area (Å²) in [5.74, 6) is 0.972. The minimum absolute atomic E-state index is 0.324. The van der Waals surface area contributed by atoms with E-state index in [2.05, 4.69) is 23.1 Å². The molecule has 2 heteroatoms. The highest BCUT2D eigenvalue weighted by Crippen LogP contribution is 2.13. The van der Waals surface area contributed by atoms with Gasteiger partial charge in [0.1, 0.15) is 5.75 Å². The van der Waals surface area contributed by atoms with E-state index in [1.165, 1.54) is 18.1 Å². The van der Waals surface area contributed by atoms with Gasteiger partial charge in [-0.15, -0.1) is 9.24 Å². The normalized spacial score (nSPS) is 12.5. The first-order chi connectivity index (χ1) is 6.72. The van der Waals surface area contributed by atoms with Crippen molar-refractivity contribution < 1.29 is 4.74 Å². The molecule has 0 spiro atoms. The summed E-state index contributed by atoms with van der Waals surface area (Å²) in [7, 11) is 2.67. The lowest BCUT2D eigenvalue weighted by molar-refractivity contribution is 0.207. The number of hydrogen-bond donors (Lipinski definition) is 0. The lowest BCUT2D eigenvalue weighted by Crippen LogP contribution is -2.11. The Morgan fingerprint density at radius 1 is 1.29 bits per heavy atom. The third-order valence-electron chi connectivity index (χ3n) is 2.18. The van der Waals surface area contributed by atoms with Gasteiger partial charge in [-0.05, 0) is 30.8 Å². The van der Waals surface area contributed by atoms with Gasteiger partial charge in [0, 0.05) is 0 Å². The molecule has 0 saturated heterocycles. The Morgan fingerprint density at radius 2 is 1.93 bits per heavy atom. The summed E-state index contributed by atoms with van der Waals surface area (Å²) in [6.07, 6.45) is 3.94. The highest BCUT2D eigenvalue weighted by molar-refractivity contribution is 7.27. The Bertz CT molecular complexity index is 256. The summed E-state index contributed by atoms with van der Waals surface area (Å²) in [5.41, 5.74) is 0. The Labute approximate surface area is 89.1 Å². The Morgan fingerprint density at radius 3 is 2.50 bits per heavy atom. The zero-order chi connectivity index (χ0) is 10.4. The second-order valence-corrected chi connectivity index (χ2v) is 4.31. The fourth-order valence-corrected chi connectivity index (χ4v) is 1.52. The van der Waals surface area contributed by atoms with Gasteiger partial charge >= 0.3 is 0 Å². The van der Waals surface area contributed by atoms with Gasteiger partial charge in [-0.1, -0.05) is 31.9 Å². The van der Waals surface area contributed by atoms with Crippen LogP contribution in [-0.2, 0) is 0 Å². The van der Waals surface area contributed by atoms with E-state index in [1.807, 2.05) is 24.3 Å². The number of benzene rings is 1. The van der Waals surface area contributed by atoms with Crippen molar-refractivity contribution in [3.05, 3.63) is 24.3 Å². The molecule has 1 rings (SSSR count). The van der Waals surface area contributed by atoms with Gasteiger partial charge < -0.3 is 4.74 Å². The molecular formula is C12H19OP. The molecule has 78 valence electrons. The summed E-state index contributed by atoms with van der Waals surface area (Å²) >= 11 is 0. The number of hydrogen-bond acceptors (Lipinski definition) is 1. The monoisotopic (exact) mass is 210 g/mol. The SMILES string of the molecule is CCCCC(C)Oc1ccc(P)cc1. The largest absolute Gasteiger partial charge is 0.491 e. The predicted molar refractivity (Wildman–Crippen MR) is 65.4 cm³/mol. The quantitative estimate of drug-likeness (QED) is 0.678. The van der Waals surface area contributed by atoms with Crippen molar-refractivity contribution in [2.24, 2.45) is 0 Å². The summed E-state index contributed by atoms with van der Waals surface area (Å²) < 4.78 is 5.76. The van der Waals surface area contributed by atoms with Gasteiger partial charge in [0.05, 0.1) is 6.10 Å². The van der Waals surface area contributed by atoms with E-state index in [4.69, 9.17) is 4.74 Å². The Hall–Kier alpha value is -0.550. The Kier molecular flexibility index (Phi) is 4.97. The van der Waals surface area contributed by atoms with Crippen molar-refractivity contribution in [3.8, 4) is 5.75 Å². The lowest BCUT2D eigenvalue weighted by Gasteiger charge is -2.14. The molecule has 0 radical (unpaired) electrons. The van der Waals surface area contributed by atoms with Gasteiger partial charge in [0.15, 0.2) is 0 Å². The summed E-state index contributed by atoms with van der Waals surface area (Å²) in [6, 6.07) is 8.13. The summed E-state index contributed by atoms with van der Waals surface area (Å²) in [5, 5.41) is 1.19. The van der Waals surface area contributed by atoms with Gasteiger partial charge in [0.25, 0.3) is 0 Å². The molecule has 1 aromatic carbocycles. The van der Waals surface area contributed by atoms with Crippen LogP contribution in [0.15, 0.2) is 24.3 Å². The molecule has 14 heavy (non-hydrogen) atoms. The fraction of sp³-hybridized carbons (Fsp3) is 0.500. The van der Waals surface area contributed by atoms with E-state index in [1.54, 1.807) is 0 Å². The molecule has 1 nitrogen and oxygen atoms in total. The number of rotatable bonds is 5. The zero-order valence-corrected chi connectivity index (χ0v) is 10.1. The van der Waals surface area contributed by atoms with E-state index < -0.39 is 0 Å². The highest BCUT2D eigenvalue weighted by Gasteiger charge is 2.02. The molecule has 0 heterocycles. The molecule has 0 saturated carbocycles. The first kappa shape index (κ1) is 11.5. The van der Waals surface area contributed by atoms with Gasteiger partial charge in [0.2, 0.25) is 0 Å². The van der Waals surface area contributed by atoms with Crippen LogP contribution in [-0.4, -0.2) is 6.10 Å². The molecule has 0 N–H and O–H groups in total. The van der Waals surface area contributed by atoms with E-state index in [0.29, 0.717) is 6.10 Å². The van der Waals surface area contributed by atoms with E-state index in [0.717, 1.165) is 12.2 Å². The van der Waals surface area contributed by atoms with Crippen molar-refractivity contribution in [3.63, 3.8) is 0 Å². The minimum Gasteiger partial charge on any atom is -0.491 e. The molecule has 1 aromatic rings. The maximum Gasteiger partial charge on any atom is 0.119 e. The van der Waals surface area contributed by atoms with Crippen LogP contribution in [0, 0.1) is 0 Å². The van der Waals surface area contributed by atoms with Crippen LogP contribution in [0.3, 0.4) is 0 Å². The first-order valence-electron chi connectivity index (χ1n) is 5.24. The van der Waals surface area contributed by atoms with Crippen LogP contribution >= 0.6 is 9.24 Å². The van der Waals surface area contributed by atoms with E-state index in [9.17, 15) is 0 Å². The second-order valence-electron chi connectivity index (χ2n) is 3.64. The van der Waals surface area contributed by atoms with Crippen molar-refractivity contribution in [2.45, 2.75) is 39.2 Å². The smallest absolute Gasteiger partial charge is 0.119 e. The molecule has 2 unspecified atom stereocenters. The minimum atomic E-state index is 0.324. The fourth-order valence-electron chi connectivity index (χ4n) is 1.33. The number of ether oxygens (including phenoxy) is 1. The second kappa shape index (κ2) is 6.03. The highest BCUT2D eigenvalue weighted by atomic mass is 31.0. The van der Waals surface area contributed by atoms with Crippen LogP contribution in [0.4, 0.5) is 0 Å². The third kappa shape index (κ3) is 4.11. The van der Waals surface area contributed by atoms with Crippen molar-refractivity contribution in [1.82, 2.24) is 0 Å². The van der Waals surface area contributed by atoms with Gasteiger partial charge in [-0.2, -0.15) is 0 Å². The lowest BCUT2D eigenvalue weighted by atomic mass is 10.2. The average molecular weight is 210 g/mol. The molecule has 0 aliphatic heterocycles. The van der Waals surface area contributed by atoms with Crippen LogP contribution in [0.25, 0.3) is 0 Å². The maximum atomic E-state index is 5.76. The molecule has 0 aromatic heterocycles. The van der Waals surface area contributed by atoms with Crippen LogP contribution in [0.2, 0.25) is 0 Å². The molecule has 0 bridgehead atoms. The van der Waals surface area contributed by atoms with Crippen molar-refractivity contribution in [2.75, 3.05) is 0 Å². The van der Waals surface area contributed by atoms with E-state index in [-0.39, 0.29) is 0 Å². The molecule has 0 aliphatic rings. The van der Waals surface area contributed by atoms with Crippen molar-refractivity contribution in [1.29, 1.82) is 0 Å². The summed E-state index contributed by atoms with van der Waals surface area (Å²) in [6.45, 7) is 4.33. The summed E-state index contributed by atoms with van der Waals surface area (Å²) in [4.78, 5) is 0. The van der Waals surface area contributed by atoms with Crippen LogP contribution in [0.1, 0.15) is 33.1 Å². The maximum absolute atomic E-state index is 5.76. The number of unbranched alkanes of at least 4 members (excludes halogenated alkanes) is 1. The predicted octanol–water partition coefficient (Wildman–Crippen LogP) is 3.14. The Balaban J connectivity index is 2.39. The van der Waals surface area contributed by atoms with Gasteiger partial charge in [-0.25, -0.2) is 0 Å². The van der Waals surface area contributed by atoms with Crippen molar-refractivity contribution >= 4 is 14.5 Å². The van der Waals surface area contributed by atoms with Crippen LogP contribution < -0.4 is 10.0 Å². The molecule has 2 atom stereocenters. The average Bonchev–Trinajstić information content (AvgIpc) is 2.18. The standard InChI is InChI=1S/C12H19OP/c1-3-4-5-10(2)13-11-6-8-12(14)9-7-11/h6-10H,3-5,14H2,1-2H3. The third-order valence-corrected chi connectivity index (χ3v) is 2.57. The molecular weight excluding hydrogens is 191 g/mol. The molecule has 0 fully saturated rings. The van der Waals surface area contributed by atoms with Crippen LogP contribution in [0.5, 0.6) is 5.75 Å². The van der Waals surface area contributed by atoms with E-state index >= 15 is 0 Å². The van der Waals surface area contributed by atoms with Gasteiger partial charge in [-0.3, -0.25) is 0 Å². The zero-order valence-electron chi connectivity index (χ0n) is 8.99.